The Morgan fingerprint density at radius 1 is 0.963 bits per heavy atom. The number of ketones is 2. The molecule has 0 fully saturated rings. The van der Waals surface area contributed by atoms with E-state index >= 15 is 0 Å². The second-order valence-electron chi connectivity index (χ2n) is 6.76. The molecule has 2 heterocycles. The Kier molecular flexibility index (Phi) is 4.74. The topological polar surface area (TPSA) is 92.0 Å². The van der Waals surface area contributed by atoms with Crippen molar-refractivity contribution in [3.63, 3.8) is 0 Å². The highest BCUT2D eigenvalue weighted by molar-refractivity contribution is 6.12. The van der Waals surface area contributed by atoms with Crippen molar-refractivity contribution in [1.82, 2.24) is 9.97 Å². The highest BCUT2D eigenvalue weighted by atomic mass is 16.5. The fourth-order valence-corrected chi connectivity index (χ4v) is 3.55. The fraction of sp³-hybridized carbons (Fsp3) is 0.286. The maximum Gasteiger partial charge on any atom is 0.355 e. The number of aromatic amines is 2. The highest BCUT2D eigenvalue weighted by Crippen LogP contribution is 2.25. The van der Waals surface area contributed by atoms with Crippen LogP contribution in [-0.4, -0.2) is 33.6 Å². The minimum Gasteiger partial charge on any atom is -0.450 e. The number of carbonyl (C=O) groups excluding carboxylic acids is 3. The van der Waals surface area contributed by atoms with E-state index in [-0.39, 0.29) is 17.3 Å². The molecule has 0 amide bonds. The molecule has 140 valence electrons. The third kappa shape index (κ3) is 3.18. The molecule has 0 radical (unpaired) electrons. The van der Waals surface area contributed by atoms with Crippen LogP contribution in [0, 0.1) is 20.8 Å². The van der Waals surface area contributed by atoms with Gasteiger partial charge in [-0.05, 0) is 46.2 Å². The summed E-state index contributed by atoms with van der Waals surface area (Å²) in [6.07, 6.45) is -0.959. The second kappa shape index (κ2) is 6.87. The zero-order chi connectivity index (χ0) is 19.9. The molecule has 1 aromatic carbocycles. The van der Waals surface area contributed by atoms with E-state index < -0.39 is 12.1 Å². The number of fused-ring (bicyclic) bond motifs is 1. The molecule has 3 aromatic rings. The number of ether oxygens (including phenoxy) is 1. The summed E-state index contributed by atoms with van der Waals surface area (Å²) < 4.78 is 5.41. The largest absolute Gasteiger partial charge is 0.450 e. The Morgan fingerprint density at radius 3 is 2.22 bits per heavy atom. The second-order valence-corrected chi connectivity index (χ2v) is 6.76. The van der Waals surface area contributed by atoms with E-state index in [9.17, 15) is 14.4 Å². The minimum absolute atomic E-state index is 0.126. The molecule has 0 saturated heterocycles. The zero-order valence-corrected chi connectivity index (χ0v) is 16.0. The van der Waals surface area contributed by atoms with Crippen molar-refractivity contribution < 1.29 is 19.1 Å². The van der Waals surface area contributed by atoms with Crippen molar-refractivity contribution >= 4 is 28.4 Å². The lowest BCUT2D eigenvalue weighted by Gasteiger charge is -2.12. The molecule has 2 aromatic heterocycles. The maximum absolute atomic E-state index is 12.9. The Morgan fingerprint density at radius 2 is 1.59 bits per heavy atom. The Bertz CT molecular complexity index is 1070. The first-order valence-electron chi connectivity index (χ1n) is 8.75. The van der Waals surface area contributed by atoms with E-state index in [4.69, 9.17) is 4.74 Å². The molecule has 6 nitrogen and oxygen atoms in total. The zero-order valence-electron chi connectivity index (χ0n) is 16.0. The smallest absolute Gasteiger partial charge is 0.355 e. The number of aromatic nitrogens is 2. The molecular formula is C21H22N2O4. The van der Waals surface area contributed by atoms with E-state index in [0.29, 0.717) is 22.4 Å². The summed E-state index contributed by atoms with van der Waals surface area (Å²) in [4.78, 5) is 43.3. The van der Waals surface area contributed by atoms with Crippen LogP contribution in [0.25, 0.3) is 10.9 Å². The standard InChI is InChI=1S/C21H22N2O4/c1-10-17(13(4)24)11(2)23-19(10)21(26)27-14(5)20(25)18-12(3)22-16-9-7-6-8-15(16)18/h6-9,14,22-23H,1-5H3. The van der Waals surface area contributed by atoms with Crippen molar-refractivity contribution in [3.05, 3.63) is 58.0 Å². The summed E-state index contributed by atoms with van der Waals surface area (Å²) in [6.45, 7) is 8.24. The van der Waals surface area contributed by atoms with Gasteiger partial charge in [-0.15, -0.1) is 0 Å². The molecule has 0 aliphatic rings. The molecule has 1 unspecified atom stereocenters. The number of hydrogen-bond acceptors (Lipinski definition) is 4. The Balaban J connectivity index is 1.87. The number of benzene rings is 1. The fourth-order valence-electron chi connectivity index (χ4n) is 3.55. The van der Waals surface area contributed by atoms with Crippen molar-refractivity contribution in [3.8, 4) is 0 Å². The number of Topliss-reactive ketones (excluding diaryl/α,β-unsaturated/α-hetero) is 2. The number of carbonyl (C=O) groups is 3. The number of para-hydroxylation sites is 1. The average Bonchev–Trinajstić information content (AvgIpc) is 3.09. The number of aryl methyl sites for hydroxylation is 2. The predicted molar refractivity (Wildman–Crippen MR) is 103 cm³/mol. The number of hydrogen-bond donors (Lipinski definition) is 2. The summed E-state index contributed by atoms with van der Waals surface area (Å²) in [5, 5.41) is 0.800. The third-order valence-corrected chi connectivity index (χ3v) is 4.79. The summed E-state index contributed by atoms with van der Waals surface area (Å²) >= 11 is 0. The van der Waals surface area contributed by atoms with E-state index in [1.165, 1.54) is 6.92 Å². The molecule has 0 aliphatic heterocycles. The summed E-state index contributed by atoms with van der Waals surface area (Å²) in [5.74, 6) is -1.05. The molecule has 0 saturated carbocycles. The molecule has 1 atom stereocenters. The van der Waals surface area contributed by atoms with Gasteiger partial charge in [-0.3, -0.25) is 9.59 Å². The molecule has 0 spiro atoms. The van der Waals surface area contributed by atoms with Gasteiger partial charge in [-0.1, -0.05) is 18.2 Å². The van der Waals surface area contributed by atoms with Crippen LogP contribution in [0.2, 0.25) is 0 Å². The van der Waals surface area contributed by atoms with Gasteiger partial charge in [0.25, 0.3) is 0 Å². The average molecular weight is 366 g/mol. The van der Waals surface area contributed by atoms with E-state index in [1.54, 1.807) is 20.8 Å². The predicted octanol–water partition coefficient (Wildman–Crippen LogP) is 4.05. The molecule has 0 aliphatic carbocycles. The van der Waals surface area contributed by atoms with Crippen molar-refractivity contribution in [2.75, 3.05) is 0 Å². The normalized spacial score (nSPS) is 12.2. The van der Waals surface area contributed by atoms with Gasteiger partial charge in [-0.25, -0.2) is 4.79 Å². The number of nitrogens with one attached hydrogen (secondary N) is 2. The monoisotopic (exact) mass is 366 g/mol. The summed E-state index contributed by atoms with van der Waals surface area (Å²) in [7, 11) is 0. The maximum atomic E-state index is 12.9. The number of esters is 1. The van der Waals surface area contributed by atoms with Crippen LogP contribution in [0.15, 0.2) is 24.3 Å². The van der Waals surface area contributed by atoms with Crippen LogP contribution in [0.3, 0.4) is 0 Å². The van der Waals surface area contributed by atoms with Crippen LogP contribution in [-0.2, 0) is 4.74 Å². The minimum atomic E-state index is -0.959. The van der Waals surface area contributed by atoms with Crippen LogP contribution in [0.1, 0.15) is 62.0 Å². The Hall–Kier alpha value is -3.15. The molecule has 2 N–H and O–H groups in total. The van der Waals surface area contributed by atoms with Gasteiger partial charge < -0.3 is 14.7 Å². The van der Waals surface area contributed by atoms with Crippen LogP contribution in [0.4, 0.5) is 0 Å². The first-order valence-corrected chi connectivity index (χ1v) is 8.75. The van der Waals surface area contributed by atoms with E-state index in [1.807, 2.05) is 31.2 Å². The van der Waals surface area contributed by atoms with Crippen LogP contribution >= 0.6 is 0 Å². The number of H-pyrrole nitrogens is 2. The summed E-state index contributed by atoms with van der Waals surface area (Å²) in [5.41, 5.74) is 3.94. The van der Waals surface area contributed by atoms with E-state index in [2.05, 4.69) is 9.97 Å². The molecule has 6 heteroatoms. The van der Waals surface area contributed by atoms with Crippen LogP contribution in [0.5, 0.6) is 0 Å². The van der Waals surface area contributed by atoms with Crippen molar-refractivity contribution in [1.29, 1.82) is 0 Å². The van der Waals surface area contributed by atoms with Gasteiger partial charge in [0.1, 0.15) is 5.69 Å². The first kappa shape index (κ1) is 18.6. The molecule has 3 rings (SSSR count). The quantitative estimate of drug-likeness (QED) is 0.526. The lowest BCUT2D eigenvalue weighted by Crippen LogP contribution is -2.25. The molecular weight excluding hydrogens is 344 g/mol. The van der Waals surface area contributed by atoms with Crippen molar-refractivity contribution in [2.24, 2.45) is 0 Å². The first-order chi connectivity index (χ1) is 12.7. The summed E-state index contributed by atoms with van der Waals surface area (Å²) in [6, 6.07) is 7.50. The third-order valence-electron chi connectivity index (χ3n) is 4.79. The van der Waals surface area contributed by atoms with Crippen molar-refractivity contribution in [2.45, 2.75) is 40.7 Å². The van der Waals surface area contributed by atoms with Crippen LogP contribution < -0.4 is 0 Å². The SMILES string of the molecule is CC(=O)c1c(C)[nH]c(C(=O)OC(C)C(=O)c2c(C)[nH]c3ccccc23)c1C. The number of rotatable bonds is 5. The lowest BCUT2D eigenvalue weighted by molar-refractivity contribution is 0.0313. The molecule has 0 bridgehead atoms. The van der Waals surface area contributed by atoms with Gasteiger partial charge in [0, 0.05) is 33.4 Å². The van der Waals surface area contributed by atoms with Gasteiger partial charge >= 0.3 is 5.97 Å². The van der Waals surface area contributed by atoms with Gasteiger partial charge in [0.2, 0.25) is 5.78 Å². The van der Waals surface area contributed by atoms with Gasteiger partial charge in [0.15, 0.2) is 11.9 Å². The van der Waals surface area contributed by atoms with Gasteiger partial charge in [-0.2, -0.15) is 0 Å². The lowest BCUT2D eigenvalue weighted by atomic mass is 10.0. The van der Waals surface area contributed by atoms with E-state index in [0.717, 1.165) is 16.6 Å². The molecule has 27 heavy (non-hydrogen) atoms. The Labute approximate surface area is 156 Å². The van der Waals surface area contributed by atoms with Gasteiger partial charge in [0.05, 0.1) is 0 Å². The highest BCUT2D eigenvalue weighted by Gasteiger charge is 2.27.